The molecular formula is C12H24N2O6S. The first kappa shape index (κ1) is 19.8. The van der Waals surface area contributed by atoms with Crippen LogP contribution in [0.5, 0.6) is 0 Å². The van der Waals surface area contributed by atoms with Gasteiger partial charge in [-0.1, -0.05) is 13.8 Å². The molecule has 9 heteroatoms. The van der Waals surface area contributed by atoms with Gasteiger partial charge in [-0.05, 0) is 12.3 Å². The van der Waals surface area contributed by atoms with Gasteiger partial charge in [-0.3, -0.25) is 9.59 Å². The maximum atomic E-state index is 11.9. The van der Waals surface area contributed by atoms with E-state index in [1.54, 1.807) is 0 Å². The second-order valence-corrected chi connectivity index (χ2v) is 7.03. The van der Waals surface area contributed by atoms with Crippen LogP contribution in [0.3, 0.4) is 0 Å². The number of aliphatic carboxylic acids is 1. The van der Waals surface area contributed by atoms with Crippen molar-refractivity contribution < 1.29 is 27.9 Å². The van der Waals surface area contributed by atoms with Crippen molar-refractivity contribution >= 4 is 22.1 Å². The summed E-state index contributed by atoms with van der Waals surface area (Å²) in [5.41, 5.74) is 0. The van der Waals surface area contributed by atoms with Crippen LogP contribution in [0.25, 0.3) is 0 Å². The Bertz CT molecular complexity index is 449. The first-order valence-electron chi connectivity index (χ1n) is 6.60. The van der Waals surface area contributed by atoms with Gasteiger partial charge in [0.15, 0.2) is 0 Å². The van der Waals surface area contributed by atoms with Crippen molar-refractivity contribution in [3.63, 3.8) is 0 Å². The summed E-state index contributed by atoms with van der Waals surface area (Å²) in [6.07, 6.45) is 0.311. The molecule has 0 rings (SSSR count). The van der Waals surface area contributed by atoms with Gasteiger partial charge in [0, 0.05) is 20.1 Å². The predicted molar refractivity (Wildman–Crippen MR) is 76.8 cm³/mol. The van der Waals surface area contributed by atoms with Crippen molar-refractivity contribution in [2.24, 2.45) is 11.8 Å². The predicted octanol–water partition coefficient (Wildman–Crippen LogP) is 0.0626. The van der Waals surface area contributed by atoms with E-state index in [9.17, 15) is 18.0 Å². The van der Waals surface area contributed by atoms with Crippen LogP contribution in [0.15, 0.2) is 0 Å². The molecule has 0 saturated heterocycles. The van der Waals surface area contributed by atoms with Gasteiger partial charge in [0.1, 0.15) is 0 Å². The number of hydrogen-bond acceptors (Lipinski definition) is 5. The Morgan fingerprint density at radius 3 is 2.33 bits per heavy atom. The first-order chi connectivity index (χ1) is 9.60. The number of carboxylic acid groups (broad SMARTS) is 1. The van der Waals surface area contributed by atoms with Crippen molar-refractivity contribution in [1.82, 2.24) is 9.03 Å². The van der Waals surface area contributed by atoms with Crippen LogP contribution in [-0.4, -0.2) is 57.0 Å². The van der Waals surface area contributed by atoms with Crippen LogP contribution in [0.2, 0.25) is 0 Å². The molecule has 0 aliphatic carbocycles. The second-order valence-electron chi connectivity index (χ2n) is 5.17. The summed E-state index contributed by atoms with van der Waals surface area (Å²) in [6.45, 7) is 3.52. The van der Waals surface area contributed by atoms with Crippen LogP contribution in [0.1, 0.15) is 26.7 Å². The van der Waals surface area contributed by atoms with E-state index in [0.29, 0.717) is 6.42 Å². The molecule has 0 saturated carbocycles. The molecule has 0 fully saturated rings. The number of methoxy groups -OCH3 is 1. The van der Waals surface area contributed by atoms with Crippen molar-refractivity contribution in [3.8, 4) is 0 Å². The van der Waals surface area contributed by atoms with Crippen LogP contribution in [0, 0.1) is 11.8 Å². The van der Waals surface area contributed by atoms with Gasteiger partial charge in [0.25, 0.3) is 10.2 Å². The average molecular weight is 324 g/mol. The molecule has 0 spiro atoms. The normalized spacial score (nSPS) is 13.4. The summed E-state index contributed by atoms with van der Waals surface area (Å²) in [5.74, 6) is -2.19. The Morgan fingerprint density at radius 1 is 1.33 bits per heavy atom. The smallest absolute Gasteiger partial charge is 0.307 e. The zero-order valence-electron chi connectivity index (χ0n) is 12.8. The summed E-state index contributed by atoms with van der Waals surface area (Å²) >= 11 is 0. The third kappa shape index (κ3) is 7.98. The third-order valence-electron chi connectivity index (χ3n) is 2.89. The molecule has 1 atom stereocenters. The highest BCUT2D eigenvalue weighted by Gasteiger charge is 2.24. The zero-order chi connectivity index (χ0) is 16.6. The maximum Gasteiger partial charge on any atom is 0.307 e. The lowest BCUT2D eigenvalue weighted by molar-refractivity contribution is -0.142. The van der Waals surface area contributed by atoms with E-state index in [1.807, 2.05) is 13.8 Å². The molecule has 8 nitrogen and oxygen atoms in total. The highest BCUT2D eigenvalue weighted by Crippen LogP contribution is 2.11. The van der Waals surface area contributed by atoms with E-state index in [4.69, 9.17) is 5.11 Å². The van der Waals surface area contributed by atoms with Crippen molar-refractivity contribution in [3.05, 3.63) is 0 Å². The Kier molecular flexibility index (Phi) is 8.45. The van der Waals surface area contributed by atoms with Gasteiger partial charge in [0.05, 0.1) is 19.4 Å². The molecule has 0 aliphatic heterocycles. The van der Waals surface area contributed by atoms with Gasteiger partial charge in [-0.25, -0.2) is 4.72 Å². The fourth-order valence-corrected chi connectivity index (χ4v) is 2.59. The SMILES string of the molecule is COC(=O)CCN(C)S(=O)(=O)NCC(CC(C)C)C(=O)O. The summed E-state index contributed by atoms with van der Waals surface area (Å²) < 4.78 is 31.5. The quantitative estimate of drug-likeness (QED) is 0.550. The van der Waals surface area contributed by atoms with E-state index in [0.717, 1.165) is 4.31 Å². The minimum absolute atomic E-state index is 0.0378. The first-order valence-corrected chi connectivity index (χ1v) is 8.04. The van der Waals surface area contributed by atoms with Gasteiger partial charge in [0.2, 0.25) is 0 Å². The number of hydrogen-bond donors (Lipinski definition) is 2. The lowest BCUT2D eigenvalue weighted by atomic mass is 9.98. The molecule has 0 heterocycles. The van der Waals surface area contributed by atoms with Crippen molar-refractivity contribution in [2.75, 3.05) is 27.2 Å². The van der Waals surface area contributed by atoms with E-state index in [2.05, 4.69) is 9.46 Å². The van der Waals surface area contributed by atoms with Gasteiger partial charge < -0.3 is 9.84 Å². The summed E-state index contributed by atoms with van der Waals surface area (Å²) in [6, 6.07) is 0. The number of nitrogens with one attached hydrogen (secondary N) is 1. The number of nitrogens with zero attached hydrogens (tertiary/aromatic N) is 1. The van der Waals surface area contributed by atoms with Gasteiger partial charge in [-0.15, -0.1) is 0 Å². The summed E-state index contributed by atoms with van der Waals surface area (Å²) in [5, 5.41) is 9.06. The van der Waals surface area contributed by atoms with E-state index >= 15 is 0 Å². The van der Waals surface area contributed by atoms with Gasteiger partial charge in [-0.2, -0.15) is 12.7 Å². The van der Waals surface area contributed by atoms with Crippen molar-refractivity contribution in [1.29, 1.82) is 0 Å². The summed E-state index contributed by atoms with van der Waals surface area (Å²) in [7, 11) is -1.29. The van der Waals surface area contributed by atoms with Crippen LogP contribution < -0.4 is 4.72 Å². The second kappa shape index (κ2) is 8.96. The molecule has 0 aromatic carbocycles. The molecule has 0 aliphatic rings. The number of carbonyl (C=O) groups is 2. The molecule has 0 radical (unpaired) electrons. The number of ether oxygens (including phenoxy) is 1. The lowest BCUT2D eigenvalue weighted by Crippen LogP contribution is -2.42. The molecule has 0 aromatic rings. The third-order valence-corrected chi connectivity index (χ3v) is 4.42. The number of rotatable bonds is 10. The number of esters is 1. The molecule has 0 aromatic heterocycles. The molecule has 21 heavy (non-hydrogen) atoms. The molecule has 0 amide bonds. The van der Waals surface area contributed by atoms with Crippen LogP contribution >= 0.6 is 0 Å². The molecule has 2 N–H and O–H groups in total. The van der Waals surface area contributed by atoms with E-state index in [-0.39, 0.29) is 25.4 Å². The van der Waals surface area contributed by atoms with Crippen LogP contribution in [-0.2, 0) is 24.5 Å². The summed E-state index contributed by atoms with van der Waals surface area (Å²) in [4.78, 5) is 22.0. The Balaban J connectivity index is 4.51. The highest BCUT2D eigenvalue weighted by molar-refractivity contribution is 7.87. The van der Waals surface area contributed by atoms with Gasteiger partial charge >= 0.3 is 11.9 Å². The number of carboxylic acids is 1. The molecular weight excluding hydrogens is 300 g/mol. The zero-order valence-corrected chi connectivity index (χ0v) is 13.6. The Hall–Kier alpha value is -1.19. The Labute approximate surface area is 125 Å². The molecule has 1 unspecified atom stereocenters. The molecule has 124 valence electrons. The molecule has 0 bridgehead atoms. The standard InChI is InChI=1S/C12H24N2O6S/c1-9(2)7-10(12(16)17)8-13-21(18,19)14(3)6-5-11(15)20-4/h9-10,13H,5-8H2,1-4H3,(H,16,17). The average Bonchev–Trinajstić information content (AvgIpc) is 2.39. The van der Waals surface area contributed by atoms with E-state index in [1.165, 1.54) is 14.2 Å². The maximum absolute atomic E-state index is 11.9. The largest absolute Gasteiger partial charge is 0.481 e. The highest BCUT2D eigenvalue weighted by atomic mass is 32.2. The number of carbonyl (C=O) groups excluding carboxylic acids is 1. The fourth-order valence-electron chi connectivity index (χ4n) is 1.63. The van der Waals surface area contributed by atoms with Crippen LogP contribution in [0.4, 0.5) is 0 Å². The minimum atomic E-state index is -3.82. The lowest BCUT2D eigenvalue weighted by Gasteiger charge is -2.20. The minimum Gasteiger partial charge on any atom is -0.481 e. The van der Waals surface area contributed by atoms with E-state index < -0.39 is 28.1 Å². The topological polar surface area (TPSA) is 113 Å². The monoisotopic (exact) mass is 324 g/mol. The van der Waals surface area contributed by atoms with Crippen molar-refractivity contribution in [2.45, 2.75) is 26.7 Å². The fraction of sp³-hybridized carbons (Fsp3) is 0.833. The Morgan fingerprint density at radius 2 is 1.90 bits per heavy atom.